The minimum absolute atomic E-state index is 0.0951. The van der Waals surface area contributed by atoms with Crippen molar-refractivity contribution < 1.29 is 32.2 Å². The van der Waals surface area contributed by atoms with E-state index in [4.69, 9.17) is 14.2 Å². The van der Waals surface area contributed by atoms with Crippen molar-refractivity contribution in [2.24, 2.45) is 5.92 Å². The van der Waals surface area contributed by atoms with E-state index in [1.165, 1.54) is 25.3 Å². The van der Waals surface area contributed by atoms with Gasteiger partial charge in [0.1, 0.15) is 28.2 Å². The van der Waals surface area contributed by atoms with Gasteiger partial charge in [0, 0.05) is 11.4 Å². The van der Waals surface area contributed by atoms with E-state index < -0.39 is 27.9 Å². The standard InChI is InChI=1S/C29H35N3O7S/c1-6-38-22-15-12-20(13-16-22)32-40(35,36)26-18-21(14-17-25(26)37-5)30-29(34)27(19(3)4)31-28(33)23-10-8-9-11-24(23)39-7-2/h8-19,27,32H,6-7H2,1-5H3,(H,30,34)(H,31,33)/t27-/m0/s1. The molecule has 0 aliphatic heterocycles. The third-order valence-corrected chi connectivity index (χ3v) is 7.21. The van der Waals surface area contributed by atoms with Gasteiger partial charge in [0.05, 0.1) is 25.9 Å². The van der Waals surface area contributed by atoms with E-state index in [-0.39, 0.29) is 22.3 Å². The predicted molar refractivity (Wildman–Crippen MR) is 154 cm³/mol. The topological polar surface area (TPSA) is 132 Å². The van der Waals surface area contributed by atoms with Gasteiger partial charge in [-0.05, 0) is 74.4 Å². The monoisotopic (exact) mass is 569 g/mol. The Hall–Kier alpha value is -4.25. The fourth-order valence-electron chi connectivity index (χ4n) is 3.87. The van der Waals surface area contributed by atoms with E-state index in [9.17, 15) is 18.0 Å². The highest BCUT2D eigenvalue weighted by Gasteiger charge is 2.27. The second-order valence-electron chi connectivity index (χ2n) is 9.04. The molecule has 0 fully saturated rings. The van der Waals surface area contributed by atoms with Crippen LogP contribution < -0.4 is 29.6 Å². The number of amides is 2. The van der Waals surface area contributed by atoms with Gasteiger partial charge < -0.3 is 24.8 Å². The molecule has 214 valence electrons. The molecule has 3 rings (SSSR count). The molecule has 0 aliphatic carbocycles. The highest BCUT2D eigenvalue weighted by atomic mass is 32.2. The zero-order chi connectivity index (χ0) is 29.3. The van der Waals surface area contributed by atoms with Crippen LogP contribution >= 0.6 is 0 Å². The van der Waals surface area contributed by atoms with Crippen LogP contribution in [0.15, 0.2) is 71.6 Å². The Balaban J connectivity index is 1.81. The Labute approximate surface area is 235 Å². The number of para-hydroxylation sites is 1. The number of sulfonamides is 1. The smallest absolute Gasteiger partial charge is 0.265 e. The molecule has 40 heavy (non-hydrogen) atoms. The highest BCUT2D eigenvalue weighted by Crippen LogP contribution is 2.30. The Morgan fingerprint density at radius 3 is 2.12 bits per heavy atom. The van der Waals surface area contributed by atoms with Crippen molar-refractivity contribution in [2.75, 3.05) is 30.4 Å². The SMILES string of the molecule is CCOc1ccc(NS(=O)(=O)c2cc(NC(=O)[C@@H](NC(=O)c3ccccc3OCC)C(C)C)ccc2OC)cc1. The van der Waals surface area contributed by atoms with Gasteiger partial charge in [-0.25, -0.2) is 8.42 Å². The molecular formula is C29H35N3O7S. The van der Waals surface area contributed by atoms with Gasteiger partial charge in [0.15, 0.2) is 0 Å². The maximum absolute atomic E-state index is 13.3. The summed E-state index contributed by atoms with van der Waals surface area (Å²) in [5.41, 5.74) is 0.850. The fraction of sp³-hybridized carbons (Fsp3) is 0.310. The summed E-state index contributed by atoms with van der Waals surface area (Å²) in [6.45, 7) is 8.13. The van der Waals surface area contributed by atoms with Crippen LogP contribution in [-0.4, -0.2) is 46.6 Å². The van der Waals surface area contributed by atoms with Crippen LogP contribution in [0.2, 0.25) is 0 Å². The van der Waals surface area contributed by atoms with Gasteiger partial charge >= 0.3 is 0 Å². The first-order chi connectivity index (χ1) is 19.1. The summed E-state index contributed by atoms with van der Waals surface area (Å²) in [7, 11) is -2.74. The number of hydrogen-bond acceptors (Lipinski definition) is 7. The second kappa shape index (κ2) is 13.7. The third kappa shape index (κ3) is 7.66. The lowest BCUT2D eigenvalue weighted by Crippen LogP contribution is -2.47. The molecule has 3 aromatic carbocycles. The van der Waals surface area contributed by atoms with Crippen LogP contribution in [0.4, 0.5) is 11.4 Å². The van der Waals surface area contributed by atoms with Gasteiger partial charge in [-0.2, -0.15) is 0 Å². The third-order valence-electron chi connectivity index (χ3n) is 5.81. The summed E-state index contributed by atoms with van der Waals surface area (Å²) < 4.78 is 45.2. The maximum atomic E-state index is 13.3. The average Bonchev–Trinajstić information content (AvgIpc) is 2.93. The Morgan fingerprint density at radius 1 is 0.850 bits per heavy atom. The van der Waals surface area contributed by atoms with Crippen molar-refractivity contribution in [2.45, 2.75) is 38.6 Å². The predicted octanol–water partition coefficient (Wildman–Crippen LogP) is 4.69. The van der Waals surface area contributed by atoms with E-state index in [0.29, 0.717) is 36.0 Å². The summed E-state index contributed by atoms with van der Waals surface area (Å²) in [5.74, 6) is -0.124. The summed E-state index contributed by atoms with van der Waals surface area (Å²) in [6.07, 6.45) is 0. The lowest BCUT2D eigenvalue weighted by molar-refractivity contribution is -0.118. The number of methoxy groups -OCH3 is 1. The Morgan fingerprint density at radius 2 is 1.50 bits per heavy atom. The van der Waals surface area contributed by atoms with Crippen LogP contribution in [0.3, 0.4) is 0 Å². The largest absolute Gasteiger partial charge is 0.495 e. The van der Waals surface area contributed by atoms with Crippen LogP contribution in [0, 0.1) is 5.92 Å². The van der Waals surface area contributed by atoms with Gasteiger partial charge in [-0.15, -0.1) is 0 Å². The quantitative estimate of drug-likeness (QED) is 0.272. The molecule has 3 N–H and O–H groups in total. The average molecular weight is 570 g/mol. The van der Waals surface area contributed by atoms with E-state index in [1.54, 1.807) is 62.4 Å². The van der Waals surface area contributed by atoms with Crippen molar-refractivity contribution in [3.05, 3.63) is 72.3 Å². The molecule has 1 atom stereocenters. The molecule has 10 nitrogen and oxygen atoms in total. The Kier molecular flexibility index (Phi) is 10.4. The van der Waals surface area contributed by atoms with Crippen molar-refractivity contribution in [3.63, 3.8) is 0 Å². The minimum atomic E-state index is -4.09. The highest BCUT2D eigenvalue weighted by molar-refractivity contribution is 7.92. The van der Waals surface area contributed by atoms with Gasteiger partial charge in [0.2, 0.25) is 5.91 Å². The van der Waals surface area contributed by atoms with Crippen molar-refractivity contribution in [1.82, 2.24) is 5.32 Å². The molecule has 0 saturated heterocycles. The van der Waals surface area contributed by atoms with Crippen LogP contribution in [0.5, 0.6) is 17.2 Å². The Bertz CT molecular complexity index is 1420. The molecule has 0 heterocycles. The van der Waals surface area contributed by atoms with E-state index in [1.807, 2.05) is 13.8 Å². The molecule has 0 unspecified atom stereocenters. The van der Waals surface area contributed by atoms with Crippen LogP contribution in [0.25, 0.3) is 0 Å². The zero-order valence-corrected chi connectivity index (χ0v) is 24.0. The molecule has 2 amide bonds. The maximum Gasteiger partial charge on any atom is 0.265 e. The number of carbonyl (C=O) groups is 2. The molecule has 0 saturated carbocycles. The molecule has 0 aromatic heterocycles. The fourth-order valence-corrected chi connectivity index (χ4v) is 5.12. The summed E-state index contributed by atoms with van der Waals surface area (Å²) in [5, 5.41) is 5.49. The minimum Gasteiger partial charge on any atom is -0.495 e. The van der Waals surface area contributed by atoms with E-state index >= 15 is 0 Å². The summed E-state index contributed by atoms with van der Waals surface area (Å²) >= 11 is 0. The summed E-state index contributed by atoms with van der Waals surface area (Å²) in [4.78, 5) is 26.1. The lowest BCUT2D eigenvalue weighted by atomic mass is 10.0. The number of rotatable bonds is 13. The van der Waals surface area contributed by atoms with Crippen molar-refractivity contribution in [3.8, 4) is 17.2 Å². The summed E-state index contributed by atoms with van der Waals surface area (Å²) in [6, 6.07) is 16.6. The van der Waals surface area contributed by atoms with Gasteiger partial charge in [0.25, 0.3) is 15.9 Å². The van der Waals surface area contributed by atoms with Gasteiger partial charge in [-0.3, -0.25) is 14.3 Å². The number of ether oxygens (including phenoxy) is 3. The first-order valence-corrected chi connectivity index (χ1v) is 14.3. The molecule has 0 spiro atoms. The van der Waals surface area contributed by atoms with E-state index in [0.717, 1.165) is 0 Å². The number of anilines is 2. The van der Waals surface area contributed by atoms with Gasteiger partial charge in [-0.1, -0.05) is 26.0 Å². The molecule has 0 radical (unpaired) electrons. The normalized spacial score (nSPS) is 11.8. The molecule has 11 heteroatoms. The number of carbonyl (C=O) groups excluding carboxylic acids is 2. The van der Waals surface area contributed by atoms with Crippen LogP contribution in [0.1, 0.15) is 38.1 Å². The number of hydrogen-bond donors (Lipinski definition) is 3. The molecule has 0 bridgehead atoms. The second-order valence-corrected chi connectivity index (χ2v) is 10.7. The number of nitrogens with one attached hydrogen (secondary N) is 3. The lowest BCUT2D eigenvalue weighted by Gasteiger charge is -2.22. The first-order valence-electron chi connectivity index (χ1n) is 12.9. The molecular weight excluding hydrogens is 534 g/mol. The molecule has 3 aromatic rings. The van der Waals surface area contributed by atoms with E-state index in [2.05, 4.69) is 15.4 Å². The van der Waals surface area contributed by atoms with Crippen molar-refractivity contribution in [1.29, 1.82) is 0 Å². The zero-order valence-electron chi connectivity index (χ0n) is 23.2. The van der Waals surface area contributed by atoms with Crippen LogP contribution in [-0.2, 0) is 14.8 Å². The number of benzene rings is 3. The first kappa shape index (κ1) is 30.3. The molecule has 0 aliphatic rings. The van der Waals surface area contributed by atoms with Crippen molar-refractivity contribution >= 4 is 33.2 Å².